The Kier molecular flexibility index (Phi) is 7.63. The average Bonchev–Trinajstić information content (AvgIpc) is 2.88. The van der Waals surface area contributed by atoms with Gasteiger partial charge >= 0.3 is 0 Å². The molecule has 1 aliphatic heterocycles. The fourth-order valence-electron chi connectivity index (χ4n) is 4.51. The fraction of sp³-hybridized carbons (Fsp3) is 0.480. The molecule has 8 nitrogen and oxygen atoms in total. The molecule has 2 fully saturated rings. The van der Waals surface area contributed by atoms with Gasteiger partial charge in [-0.1, -0.05) is 17.7 Å². The summed E-state index contributed by atoms with van der Waals surface area (Å²) in [7, 11) is 0. The molecule has 1 N–H and O–H groups in total. The first-order valence-electron chi connectivity index (χ1n) is 11.7. The summed E-state index contributed by atoms with van der Waals surface area (Å²) in [5.74, 6) is 1.34. The summed E-state index contributed by atoms with van der Waals surface area (Å²) in [5.41, 5.74) is 1.51. The van der Waals surface area contributed by atoms with Crippen LogP contribution in [0.25, 0.3) is 4.85 Å². The number of nitrogens with zero attached hydrogens (tertiary/aromatic N) is 4. The molecular formula is C25H28ClN5O3. The highest BCUT2D eigenvalue weighted by Gasteiger charge is 2.26. The van der Waals surface area contributed by atoms with Gasteiger partial charge in [0.15, 0.2) is 11.5 Å². The van der Waals surface area contributed by atoms with Gasteiger partial charge in [0.2, 0.25) is 5.69 Å². The molecule has 9 heteroatoms. The zero-order valence-corrected chi connectivity index (χ0v) is 19.9. The van der Waals surface area contributed by atoms with Gasteiger partial charge in [0.1, 0.15) is 12.0 Å². The molecule has 0 atom stereocenters. The third kappa shape index (κ3) is 5.48. The third-order valence-corrected chi connectivity index (χ3v) is 7.16. The molecule has 0 radical (unpaired) electrons. The van der Waals surface area contributed by atoms with Gasteiger partial charge in [0, 0.05) is 25.0 Å². The smallest absolute Gasteiger partial charge is 0.272 e. The van der Waals surface area contributed by atoms with Crippen molar-refractivity contribution in [3.63, 3.8) is 0 Å². The summed E-state index contributed by atoms with van der Waals surface area (Å²) in [6, 6.07) is 7.07. The molecule has 4 rings (SSSR count). The van der Waals surface area contributed by atoms with Gasteiger partial charge in [0.25, 0.3) is 5.91 Å². The second-order valence-electron chi connectivity index (χ2n) is 8.94. The second-order valence-corrected chi connectivity index (χ2v) is 9.31. The van der Waals surface area contributed by atoms with Crippen LogP contribution in [0, 0.1) is 19.4 Å². The Morgan fingerprint density at radius 1 is 1.15 bits per heavy atom. The van der Waals surface area contributed by atoms with Crippen molar-refractivity contribution in [3.05, 3.63) is 52.0 Å². The third-order valence-electron chi connectivity index (χ3n) is 6.68. The number of ether oxygens (including phenoxy) is 1. The van der Waals surface area contributed by atoms with Crippen LogP contribution in [0.5, 0.6) is 5.75 Å². The van der Waals surface area contributed by atoms with Crippen molar-refractivity contribution in [2.45, 2.75) is 57.6 Å². The van der Waals surface area contributed by atoms with Crippen LogP contribution in [0.3, 0.4) is 0 Å². The van der Waals surface area contributed by atoms with Crippen molar-refractivity contribution in [2.75, 3.05) is 18.0 Å². The van der Waals surface area contributed by atoms with Crippen LogP contribution in [0.4, 0.5) is 11.5 Å². The first-order valence-corrected chi connectivity index (χ1v) is 12.0. The molecule has 2 heterocycles. The van der Waals surface area contributed by atoms with Gasteiger partial charge in [-0.25, -0.2) is 4.85 Å². The maximum atomic E-state index is 12.7. The van der Waals surface area contributed by atoms with Gasteiger partial charge in [-0.2, -0.15) is 0 Å². The zero-order chi connectivity index (χ0) is 24.1. The number of piperidine rings is 1. The quantitative estimate of drug-likeness (QED) is 0.482. The van der Waals surface area contributed by atoms with Crippen molar-refractivity contribution < 1.29 is 14.3 Å². The predicted octanol–water partition coefficient (Wildman–Crippen LogP) is 4.52. The number of amides is 1. The Labute approximate surface area is 204 Å². The van der Waals surface area contributed by atoms with Crippen LogP contribution >= 0.6 is 11.6 Å². The number of halogens is 1. The highest BCUT2D eigenvalue weighted by atomic mass is 35.5. The van der Waals surface area contributed by atoms with Crippen molar-refractivity contribution in [1.82, 2.24) is 15.5 Å². The van der Waals surface area contributed by atoms with Gasteiger partial charge in [-0.15, -0.1) is 10.2 Å². The summed E-state index contributed by atoms with van der Waals surface area (Å²) in [6.45, 7) is 10.6. The van der Waals surface area contributed by atoms with Crippen LogP contribution in [-0.2, 0) is 4.79 Å². The SMILES string of the molecule is [C-]#[N+]c1ccc(OC2CCC(NC(=O)c3ccc(N4CCC(C=O)CC4)nn3)CC2)c(C)c1Cl. The Morgan fingerprint density at radius 3 is 2.50 bits per heavy atom. The lowest BCUT2D eigenvalue weighted by Crippen LogP contribution is -2.40. The topological polar surface area (TPSA) is 88.8 Å². The van der Waals surface area contributed by atoms with Crippen LogP contribution in [-0.4, -0.2) is 47.6 Å². The minimum Gasteiger partial charge on any atom is -0.490 e. The Bertz CT molecular complexity index is 1070. The largest absolute Gasteiger partial charge is 0.490 e. The molecule has 0 bridgehead atoms. The number of aldehydes is 1. The van der Waals surface area contributed by atoms with E-state index >= 15 is 0 Å². The molecule has 2 aliphatic rings. The van der Waals surface area contributed by atoms with Crippen molar-refractivity contribution in [2.24, 2.45) is 5.92 Å². The molecule has 34 heavy (non-hydrogen) atoms. The van der Waals surface area contributed by atoms with Crippen molar-refractivity contribution >= 4 is 35.3 Å². The van der Waals surface area contributed by atoms with E-state index in [1.165, 1.54) is 0 Å². The van der Waals surface area contributed by atoms with Gasteiger partial charge < -0.3 is 19.7 Å². The Morgan fingerprint density at radius 2 is 1.88 bits per heavy atom. The average molecular weight is 482 g/mol. The first-order chi connectivity index (χ1) is 16.5. The van der Waals surface area contributed by atoms with Gasteiger partial charge in [-0.3, -0.25) is 4.79 Å². The number of carbonyl (C=O) groups excluding carboxylic acids is 2. The lowest BCUT2D eigenvalue weighted by atomic mass is 9.92. The second kappa shape index (κ2) is 10.8. The Balaban J connectivity index is 1.26. The van der Waals surface area contributed by atoms with E-state index in [1.807, 2.05) is 13.0 Å². The molecule has 178 valence electrons. The summed E-state index contributed by atoms with van der Waals surface area (Å²) >= 11 is 6.25. The lowest BCUT2D eigenvalue weighted by molar-refractivity contribution is -0.111. The summed E-state index contributed by atoms with van der Waals surface area (Å²) in [4.78, 5) is 29.1. The van der Waals surface area contributed by atoms with E-state index in [4.69, 9.17) is 22.9 Å². The molecule has 1 aliphatic carbocycles. The van der Waals surface area contributed by atoms with E-state index in [9.17, 15) is 9.59 Å². The normalized spacial score (nSPS) is 20.9. The predicted molar refractivity (Wildman–Crippen MR) is 130 cm³/mol. The molecule has 1 saturated heterocycles. The van der Waals surface area contributed by atoms with Crippen LogP contribution in [0.15, 0.2) is 24.3 Å². The van der Waals surface area contributed by atoms with Crippen LogP contribution in [0.1, 0.15) is 54.6 Å². The van der Waals surface area contributed by atoms with E-state index in [1.54, 1.807) is 18.2 Å². The number of anilines is 1. The summed E-state index contributed by atoms with van der Waals surface area (Å²) < 4.78 is 6.14. The number of hydrogen-bond acceptors (Lipinski definition) is 6. The number of nitrogens with one attached hydrogen (secondary N) is 1. The molecule has 1 aromatic heterocycles. The number of rotatable bonds is 6. The summed E-state index contributed by atoms with van der Waals surface area (Å²) in [5, 5.41) is 11.9. The van der Waals surface area contributed by atoms with E-state index in [0.29, 0.717) is 22.2 Å². The number of aromatic nitrogens is 2. The molecule has 2 aromatic rings. The highest BCUT2D eigenvalue weighted by Crippen LogP contribution is 2.36. The molecule has 1 amide bonds. The van der Waals surface area contributed by atoms with E-state index in [2.05, 4.69) is 25.3 Å². The van der Waals surface area contributed by atoms with Gasteiger partial charge in [0.05, 0.1) is 17.7 Å². The minimum absolute atomic E-state index is 0.0455. The van der Waals surface area contributed by atoms with E-state index in [0.717, 1.165) is 69.3 Å². The Hall–Kier alpha value is -3.18. The molecule has 0 spiro atoms. The maximum absolute atomic E-state index is 12.7. The highest BCUT2D eigenvalue weighted by molar-refractivity contribution is 6.34. The van der Waals surface area contributed by atoms with Crippen LogP contribution < -0.4 is 15.0 Å². The zero-order valence-electron chi connectivity index (χ0n) is 19.2. The lowest BCUT2D eigenvalue weighted by Gasteiger charge is -2.30. The number of carbonyl (C=O) groups is 2. The van der Waals surface area contributed by atoms with E-state index < -0.39 is 0 Å². The molecule has 1 aromatic carbocycles. The summed E-state index contributed by atoms with van der Waals surface area (Å²) in [6.07, 6.45) is 5.95. The van der Waals surface area contributed by atoms with Crippen molar-refractivity contribution in [1.29, 1.82) is 0 Å². The molecular weight excluding hydrogens is 454 g/mol. The van der Waals surface area contributed by atoms with Crippen LogP contribution in [0.2, 0.25) is 5.02 Å². The first kappa shape index (κ1) is 24.0. The standard InChI is InChI=1S/C25H28ClN5O3/c1-16-22(9-7-20(27-2)24(16)26)34-19-5-3-18(4-6-19)28-25(33)21-8-10-23(30-29-21)31-13-11-17(15-32)12-14-31/h7-10,15,17-19H,3-6,11-14H2,1H3,(H,28,33). The molecule has 0 unspecified atom stereocenters. The number of hydrogen-bond donors (Lipinski definition) is 1. The number of benzene rings is 1. The molecule has 1 saturated carbocycles. The maximum Gasteiger partial charge on any atom is 0.272 e. The van der Waals surface area contributed by atoms with Crippen molar-refractivity contribution in [3.8, 4) is 5.75 Å². The van der Waals surface area contributed by atoms with E-state index in [-0.39, 0.29) is 24.0 Å². The minimum atomic E-state index is -0.222. The fourth-order valence-corrected chi connectivity index (χ4v) is 4.71. The van der Waals surface area contributed by atoms with Gasteiger partial charge in [-0.05, 0) is 69.2 Å². The monoisotopic (exact) mass is 481 g/mol.